The summed E-state index contributed by atoms with van der Waals surface area (Å²) in [6.07, 6.45) is 0. The Labute approximate surface area is 196 Å². The number of hydrazine groups is 2. The largest absolute Gasteiger partial charge is 0.494 e. The minimum atomic E-state index is 0.306. The molecule has 1 heterocycles. The highest BCUT2D eigenvalue weighted by Crippen LogP contribution is 2.30. The summed E-state index contributed by atoms with van der Waals surface area (Å²) in [5.41, 5.74) is 7.04. The van der Waals surface area contributed by atoms with E-state index >= 15 is 0 Å². The van der Waals surface area contributed by atoms with Gasteiger partial charge in [0.05, 0.1) is 31.2 Å². The molecule has 0 amide bonds. The van der Waals surface area contributed by atoms with Crippen LogP contribution in [-0.2, 0) is 0 Å². The molecule has 3 aromatic carbocycles. The second-order valence-electron chi connectivity index (χ2n) is 7.87. The normalized spacial score (nSPS) is 14.3. The molecule has 0 atom stereocenters. The Kier molecular flexibility index (Phi) is 7.58. The fraction of sp³-hybridized carbons (Fsp3) is 0.333. The Morgan fingerprint density at radius 1 is 0.606 bits per heavy atom. The maximum absolute atomic E-state index is 5.63. The van der Waals surface area contributed by atoms with Crippen molar-refractivity contribution in [3.8, 4) is 17.2 Å². The van der Waals surface area contributed by atoms with Gasteiger partial charge in [-0.15, -0.1) is 5.53 Å². The highest BCUT2D eigenvalue weighted by molar-refractivity contribution is 5.54. The number of nitrogens with zero attached hydrogens (tertiary/aromatic N) is 2. The molecule has 0 bridgehead atoms. The van der Waals surface area contributed by atoms with Gasteiger partial charge in [-0.1, -0.05) is 12.1 Å². The molecule has 6 heteroatoms. The molecule has 0 unspecified atom stereocenters. The predicted octanol–water partition coefficient (Wildman–Crippen LogP) is 5.41. The van der Waals surface area contributed by atoms with Crippen LogP contribution in [0.4, 0.5) is 11.4 Å². The summed E-state index contributed by atoms with van der Waals surface area (Å²) in [7, 11) is 0. The second-order valence-corrected chi connectivity index (χ2v) is 7.87. The van der Waals surface area contributed by atoms with E-state index in [2.05, 4.69) is 64.1 Å². The van der Waals surface area contributed by atoms with Crippen LogP contribution in [-0.4, -0.2) is 32.9 Å². The standard InChI is InChI=1S/C27H33N3O3/c1-4-31-25-13-7-21(8-14-25)22-19-29(23-9-15-26(16-10-23)32-5-2)28-30(20-22)24-11-17-27(18-12-24)33-6-3/h7-18,22,28H,4-6,19-20H2,1-3H3. The van der Waals surface area contributed by atoms with Gasteiger partial charge >= 0.3 is 0 Å². The average Bonchev–Trinajstić information content (AvgIpc) is 2.86. The molecule has 4 rings (SSSR count). The monoisotopic (exact) mass is 447 g/mol. The van der Waals surface area contributed by atoms with E-state index in [-0.39, 0.29) is 0 Å². The zero-order chi connectivity index (χ0) is 23.0. The van der Waals surface area contributed by atoms with E-state index in [9.17, 15) is 0 Å². The van der Waals surface area contributed by atoms with E-state index in [0.29, 0.717) is 25.7 Å². The van der Waals surface area contributed by atoms with Crippen molar-refractivity contribution in [2.75, 3.05) is 42.9 Å². The lowest BCUT2D eigenvalue weighted by Gasteiger charge is -2.43. The Balaban J connectivity index is 1.59. The molecule has 0 saturated carbocycles. The predicted molar refractivity (Wildman–Crippen MR) is 133 cm³/mol. The van der Waals surface area contributed by atoms with Gasteiger partial charge in [0.15, 0.2) is 0 Å². The molecule has 0 aromatic heterocycles. The van der Waals surface area contributed by atoms with Gasteiger partial charge in [-0.05, 0) is 87.0 Å². The molecule has 0 spiro atoms. The SMILES string of the molecule is CCOc1ccc(C2CN(c3ccc(OCC)cc3)NN(c3ccc(OCC)cc3)C2)cc1. The summed E-state index contributed by atoms with van der Waals surface area (Å²) in [6, 6.07) is 24.9. The van der Waals surface area contributed by atoms with Crippen molar-refractivity contribution in [2.24, 2.45) is 0 Å². The van der Waals surface area contributed by atoms with E-state index in [4.69, 9.17) is 14.2 Å². The number of rotatable bonds is 9. The zero-order valence-electron chi connectivity index (χ0n) is 19.7. The summed E-state index contributed by atoms with van der Waals surface area (Å²) in [5, 5.41) is 4.38. The van der Waals surface area contributed by atoms with Crippen molar-refractivity contribution in [1.29, 1.82) is 0 Å². The minimum absolute atomic E-state index is 0.306. The molecule has 1 N–H and O–H groups in total. The van der Waals surface area contributed by atoms with Crippen molar-refractivity contribution in [2.45, 2.75) is 26.7 Å². The van der Waals surface area contributed by atoms with E-state index in [0.717, 1.165) is 41.7 Å². The highest BCUT2D eigenvalue weighted by atomic mass is 16.5. The summed E-state index contributed by atoms with van der Waals surface area (Å²) in [4.78, 5) is 0. The van der Waals surface area contributed by atoms with Gasteiger partial charge in [-0.2, -0.15) is 0 Å². The Bertz CT molecular complexity index is 853. The number of hydrogen-bond acceptors (Lipinski definition) is 6. The lowest BCUT2D eigenvalue weighted by molar-refractivity contribution is 0.340. The number of hydrogen-bond donors (Lipinski definition) is 1. The van der Waals surface area contributed by atoms with Gasteiger partial charge in [-0.25, -0.2) is 0 Å². The lowest BCUT2D eigenvalue weighted by atomic mass is 9.97. The maximum atomic E-state index is 5.63. The van der Waals surface area contributed by atoms with Gasteiger partial charge in [0.25, 0.3) is 0 Å². The van der Waals surface area contributed by atoms with Gasteiger partial charge in [0, 0.05) is 19.0 Å². The third-order valence-corrected chi connectivity index (χ3v) is 5.63. The first kappa shape index (κ1) is 22.8. The first-order chi connectivity index (χ1) is 16.2. The topological polar surface area (TPSA) is 46.2 Å². The summed E-state index contributed by atoms with van der Waals surface area (Å²) >= 11 is 0. The van der Waals surface area contributed by atoms with Crippen molar-refractivity contribution in [3.63, 3.8) is 0 Å². The van der Waals surface area contributed by atoms with Crippen LogP contribution in [0.2, 0.25) is 0 Å². The molecule has 174 valence electrons. The number of ether oxygens (including phenoxy) is 3. The molecular weight excluding hydrogens is 414 g/mol. The third kappa shape index (κ3) is 5.71. The molecule has 1 aliphatic rings. The first-order valence-electron chi connectivity index (χ1n) is 11.7. The molecule has 0 aliphatic carbocycles. The molecule has 1 fully saturated rings. The van der Waals surface area contributed by atoms with Crippen LogP contribution in [0.1, 0.15) is 32.3 Å². The van der Waals surface area contributed by atoms with Gasteiger partial charge < -0.3 is 14.2 Å². The minimum Gasteiger partial charge on any atom is -0.494 e. The van der Waals surface area contributed by atoms with Gasteiger partial charge in [0.1, 0.15) is 17.2 Å². The summed E-state index contributed by atoms with van der Waals surface area (Å²) < 4.78 is 16.9. The Morgan fingerprint density at radius 3 is 1.33 bits per heavy atom. The van der Waals surface area contributed by atoms with E-state index < -0.39 is 0 Å². The second kappa shape index (κ2) is 11.0. The lowest BCUT2D eigenvalue weighted by Crippen LogP contribution is -2.58. The van der Waals surface area contributed by atoms with Crippen LogP contribution in [0.15, 0.2) is 72.8 Å². The van der Waals surface area contributed by atoms with Crippen LogP contribution in [0, 0.1) is 0 Å². The molecule has 33 heavy (non-hydrogen) atoms. The van der Waals surface area contributed by atoms with Crippen LogP contribution in [0.3, 0.4) is 0 Å². The van der Waals surface area contributed by atoms with Crippen LogP contribution >= 0.6 is 0 Å². The molecule has 0 radical (unpaired) electrons. The molecule has 1 aliphatic heterocycles. The van der Waals surface area contributed by atoms with Crippen molar-refractivity contribution in [1.82, 2.24) is 5.53 Å². The molecular formula is C27H33N3O3. The van der Waals surface area contributed by atoms with E-state index in [1.54, 1.807) is 0 Å². The number of benzene rings is 3. The summed E-state index contributed by atoms with van der Waals surface area (Å²) in [6.45, 7) is 9.67. The highest BCUT2D eigenvalue weighted by Gasteiger charge is 2.27. The quantitative estimate of drug-likeness (QED) is 0.473. The average molecular weight is 448 g/mol. The van der Waals surface area contributed by atoms with Crippen molar-refractivity contribution < 1.29 is 14.2 Å². The van der Waals surface area contributed by atoms with Crippen LogP contribution in [0.5, 0.6) is 17.2 Å². The molecule has 3 aromatic rings. The van der Waals surface area contributed by atoms with Gasteiger partial charge in [0.2, 0.25) is 0 Å². The van der Waals surface area contributed by atoms with E-state index in [1.807, 2.05) is 45.0 Å². The smallest absolute Gasteiger partial charge is 0.119 e. The maximum Gasteiger partial charge on any atom is 0.119 e. The van der Waals surface area contributed by atoms with Crippen LogP contribution in [0.25, 0.3) is 0 Å². The number of nitrogens with one attached hydrogen (secondary N) is 1. The third-order valence-electron chi connectivity index (χ3n) is 5.63. The van der Waals surface area contributed by atoms with E-state index in [1.165, 1.54) is 5.56 Å². The van der Waals surface area contributed by atoms with Crippen molar-refractivity contribution in [3.05, 3.63) is 78.4 Å². The zero-order valence-corrected chi connectivity index (χ0v) is 19.7. The number of anilines is 2. The van der Waals surface area contributed by atoms with Gasteiger partial charge in [-0.3, -0.25) is 10.0 Å². The van der Waals surface area contributed by atoms with Crippen LogP contribution < -0.4 is 29.8 Å². The fourth-order valence-corrected chi connectivity index (χ4v) is 4.04. The molecule has 1 saturated heterocycles. The summed E-state index contributed by atoms with van der Waals surface area (Å²) in [5.74, 6) is 2.97. The Morgan fingerprint density at radius 2 is 0.970 bits per heavy atom. The molecule has 6 nitrogen and oxygen atoms in total. The fourth-order valence-electron chi connectivity index (χ4n) is 4.04. The first-order valence-corrected chi connectivity index (χ1v) is 11.7. The van der Waals surface area contributed by atoms with Crippen molar-refractivity contribution >= 4 is 11.4 Å². The Hall–Kier alpha value is -3.38.